The second-order valence-corrected chi connectivity index (χ2v) is 9.36. The van der Waals surface area contributed by atoms with Gasteiger partial charge < -0.3 is 20.3 Å². The fourth-order valence-corrected chi connectivity index (χ4v) is 4.72. The van der Waals surface area contributed by atoms with Gasteiger partial charge in [0.25, 0.3) is 0 Å². The molecule has 1 saturated heterocycles. The summed E-state index contributed by atoms with van der Waals surface area (Å²) in [7, 11) is 2.16. The van der Waals surface area contributed by atoms with E-state index in [0.717, 1.165) is 38.8 Å². The van der Waals surface area contributed by atoms with E-state index in [1.165, 1.54) is 4.90 Å². The van der Waals surface area contributed by atoms with Gasteiger partial charge in [-0.1, -0.05) is 12.8 Å². The number of thiocarbonyl (C=S) groups is 1. The van der Waals surface area contributed by atoms with Crippen LogP contribution in [0, 0.1) is 0 Å². The number of hydrogen-bond acceptors (Lipinski definition) is 4. The van der Waals surface area contributed by atoms with Gasteiger partial charge in [-0.25, -0.2) is 8.42 Å². The lowest BCUT2D eigenvalue weighted by molar-refractivity contribution is -0.856. The van der Waals surface area contributed by atoms with Gasteiger partial charge in [0.05, 0.1) is 44.9 Å². The molecule has 1 heterocycles. The second-order valence-electron chi connectivity index (χ2n) is 7.02. The summed E-state index contributed by atoms with van der Waals surface area (Å²) in [4.78, 5) is 1.57. The predicted molar refractivity (Wildman–Crippen MR) is 112 cm³/mol. The number of benzene rings is 1. The number of methoxy groups -OCH3 is 1. The Morgan fingerprint density at radius 3 is 2.48 bits per heavy atom. The third-order valence-corrected chi connectivity index (χ3v) is 6.67. The van der Waals surface area contributed by atoms with Crippen LogP contribution in [0.5, 0.6) is 5.75 Å². The highest BCUT2D eigenvalue weighted by atomic mass is 32.2. The maximum atomic E-state index is 13.0. The van der Waals surface area contributed by atoms with Crippen LogP contribution < -0.4 is 20.3 Å². The van der Waals surface area contributed by atoms with Gasteiger partial charge in [-0.3, -0.25) is 0 Å². The van der Waals surface area contributed by atoms with E-state index in [4.69, 9.17) is 17.0 Å². The molecule has 9 heteroatoms. The van der Waals surface area contributed by atoms with Gasteiger partial charge in [-0.2, -0.15) is 4.31 Å². The van der Waals surface area contributed by atoms with Crippen molar-refractivity contribution >= 4 is 33.0 Å². The summed E-state index contributed by atoms with van der Waals surface area (Å²) in [5.74, 6) is 0.548. The lowest BCUT2D eigenvalue weighted by Gasteiger charge is -2.21. The van der Waals surface area contributed by atoms with E-state index in [0.29, 0.717) is 29.6 Å². The van der Waals surface area contributed by atoms with Crippen molar-refractivity contribution < 1.29 is 18.1 Å². The van der Waals surface area contributed by atoms with Crippen molar-refractivity contribution in [3.05, 3.63) is 18.2 Å². The molecule has 0 bridgehead atoms. The molecule has 3 N–H and O–H groups in total. The first-order valence-electron chi connectivity index (χ1n) is 9.36. The summed E-state index contributed by atoms with van der Waals surface area (Å²) < 4.78 is 33.0. The minimum Gasteiger partial charge on any atom is -0.495 e. The second kappa shape index (κ2) is 10.2. The minimum absolute atomic E-state index is 0.258. The van der Waals surface area contributed by atoms with E-state index in [1.54, 1.807) is 29.6 Å². The van der Waals surface area contributed by atoms with Crippen LogP contribution in [0.4, 0.5) is 5.69 Å². The van der Waals surface area contributed by atoms with E-state index in [2.05, 4.69) is 24.7 Å². The Bertz CT molecular complexity index is 730. The van der Waals surface area contributed by atoms with Crippen LogP contribution in [0.15, 0.2) is 23.1 Å². The van der Waals surface area contributed by atoms with Crippen molar-refractivity contribution in [2.45, 2.75) is 30.6 Å². The van der Waals surface area contributed by atoms with E-state index in [-0.39, 0.29) is 4.90 Å². The smallest absolute Gasteiger partial charge is 0.243 e. The molecule has 0 atom stereocenters. The summed E-state index contributed by atoms with van der Waals surface area (Å²) in [6.45, 7) is 2.79. The molecular formula is C18H31N4O3S2+. The van der Waals surface area contributed by atoms with E-state index in [1.807, 2.05) is 0 Å². The molecule has 0 aromatic heterocycles. The fraction of sp³-hybridized carbons (Fsp3) is 0.611. The normalized spacial score (nSPS) is 16.0. The zero-order valence-corrected chi connectivity index (χ0v) is 18.0. The fourth-order valence-electron chi connectivity index (χ4n) is 2.97. The van der Waals surface area contributed by atoms with Crippen molar-refractivity contribution in [3.63, 3.8) is 0 Å². The molecule has 1 aromatic rings. The quantitative estimate of drug-likeness (QED) is 0.569. The largest absolute Gasteiger partial charge is 0.495 e. The maximum Gasteiger partial charge on any atom is 0.243 e. The van der Waals surface area contributed by atoms with Crippen molar-refractivity contribution in [1.29, 1.82) is 0 Å². The SMILES string of the molecule is COc1ccc(S(=O)(=O)N2CCCCCC2)cc1NC(=S)NCC[NH+](C)C. The maximum absolute atomic E-state index is 13.0. The van der Waals surface area contributed by atoms with Crippen molar-refractivity contribution in [2.75, 3.05) is 52.7 Å². The molecule has 0 amide bonds. The van der Waals surface area contributed by atoms with Crippen LogP contribution in [-0.4, -0.2) is 65.2 Å². The Hall–Kier alpha value is -1.42. The lowest BCUT2D eigenvalue weighted by atomic mass is 10.2. The molecule has 2 rings (SSSR count). The van der Waals surface area contributed by atoms with Gasteiger partial charge in [-0.05, 0) is 43.3 Å². The summed E-state index contributed by atoms with van der Waals surface area (Å²) in [5.41, 5.74) is 0.545. The highest BCUT2D eigenvalue weighted by Crippen LogP contribution is 2.29. The zero-order valence-electron chi connectivity index (χ0n) is 16.4. The Morgan fingerprint density at radius 2 is 1.89 bits per heavy atom. The topological polar surface area (TPSA) is 75.1 Å². The molecule has 0 unspecified atom stereocenters. The third kappa shape index (κ3) is 6.31. The Kier molecular flexibility index (Phi) is 8.28. The first kappa shape index (κ1) is 21.9. The molecule has 0 aliphatic carbocycles. The molecule has 27 heavy (non-hydrogen) atoms. The summed E-state index contributed by atoms with van der Waals surface area (Å²) in [6, 6.07) is 4.86. The molecule has 1 fully saturated rings. The Balaban J connectivity index is 2.17. The Labute approximate surface area is 168 Å². The van der Waals surface area contributed by atoms with Crippen molar-refractivity contribution in [1.82, 2.24) is 9.62 Å². The first-order chi connectivity index (χ1) is 12.8. The van der Waals surface area contributed by atoms with E-state index in [9.17, 15) is 8.42 Å². The summed E-state index contributed by atoms with van der Waals surface area (Å²) in [5, 5.41) is 6.64. The summed E-state index contributed by atoms with van der Waals surface area (Å²) in [6.07, 6.45) is 3.97. The Morgan fingerprint density at radius 1 is 1.22 bits per heavy atom. The monoisotopic (exact) mass is 415 g/mol. The molecule has 1 aliphatic heterocycles. The molecule has 152 valence electrons. The molecule has 1 aromatic carbocycles. The number of nitrogens with zero attached hydrogens (tertiary/aromatic N) is 1. The number of sulfonamides is 1. The minimum atomic E-state index is -3.53. The van der Waals surface area contributed by atoms with Crippen LogP contribution in [0.2, 0.25) is 0 Å². The van der Waals surface area contributed by atoms with E-state index >= 15 is 0 Å². The van der Waals surface area contributed by atoms with Gasteiger partial charge >= 0.3 is 0 Å². The standard InChI is InChI=1S/C18H30N4O3S2/c1-21(2)13-10-19-18(26)20-16-14-15(8-9-17(16)25-3)27(23,24)22-11-6-4-5-7-12-22/h8-9,14H,4-7,10-13H2,1-3H3,(H2,19,20,26)/p+1. The molecular weight excluding hydrogens is 384 g/mol. The van der Waals surface area contributed by atoms with Crippen LogP contribution in [0.25, 0.3) is 0 Å². The van der Waals surface area contributed by atoms with Gasteiger partial charge in [0.15, 0.2) is 5.11 Å². The molecule has 7 nitrogen and oxygen atoms in total. The van der Waals surface area contributed by atoms with Crippen molar-refractivity contribution in [3.8, 4) is 5.75 Å². The van der Waals surface area contributed by atoms with Crippen LogP contribution >= 0.6 is 12.2 Å². The molecule has 1 aliphatic rings. The molecule has 0 radical (unpaired) electrons. The first-order valence-corrected chi connectivity index (χ1v) is 11.2. The average Bonchev–Trinajstić information content (AvgIpc) is 2.91. The van der Waals surface area contributed by atoms with Crippen LogP contribution in [-0.2, 0) is 10.0 Å². The third-order valence-electron chi connectivity index (χ3n) is 4.53. The number of quaternary nitrogens is 1. The molecule has 0 saturated carbocycles. The number of nitrogens with one attached hydrogen (secondary N) is 3. The zero-order chi connectivity index (χ0) is 19.9. The number of ether oxygens (including phenoxy) is 1. The number of rotatable bonds is 7. The van der Waals surface area contributed by atoms with Gasteiger partial charge in [0, 0.05) is 13.1 Å². The number of hydrogen-bond donors (Lipinski definition) is 3. The number of likely N-dealkylation sites (N-methyl/N-ethyl adjacent to an activating group) is 1. The summed E-state index contributed by atoms with van der Waals surface area (Å²) >= 11 is 5.33. The van der Waals surface area contributed by atoms with Gasteiger partial charge in [0.1, 0.15) is 5.75 Å². The highest BCUT2D eigenvalue weighted by Gasteiger charge is 2.26. The van der Waals surface area contributed by atoms with Gasteiger partial charge in [0.2, 0.25) is 10.0 Å². The molecule has 0 spiro atoms. The van der Waals surface area contributed by atoms with Crippen LogP contribution in [0.1, 0.15) is 25.7 Å². The predicted octanol–water partition coefficient (Wildman–Crippen LogP) is 0.691. The van der Waals surface area contributed by atoms with Crippen LogP contribution in [0.3, 0.4) is 0 Å². The average molecular weight is 416 g/mol. The number of anilines is 1. The lowest BCUT2D eigenvalue weighted by Crippen LogP contribution is -3.06. The van der Waals surface area contributed by atoms with Gasteiger partial charge in [-0.15, -0.1) is 0 Å². The van der Waals surface area contributed by atoms with E-state index < -0.39 is 10.0 Å². The highest BCUT2D eigenvalue weighted by molar-refractivity contribution is 7.89. The van der Waals surface area contributed by atoms with Crippen molar-refractivity contribution in [2.24, 2.45) is 0 Å².